The molecule has 0 aliphatic carbocycles. The Bertz CT molecular complexity index is 927. The molecular formula is C18H17FN4O2S. The van der Waals surface area contributed by atoms with E-state index in [0.29, 0.717) is 21.8 Å². The van der Waals surface area contributed by atoms with Crippen LogP contribution in [0.4, 0.5) is 4.39 Å². The molecule has 0 unspecified atom stereocenters. The van der Waals surface area contributed by atoms with Gasteiger partial charge < -0.3 is 10.4 Å². The fourth-order valence-electron chi connectivity index (χ4n) is 2.44. The number of benzene rings is 1. The van der Waals surface area contributed by atoms with E-state index in [-0.39, 0.29) is 12.5 Å². The summed E-state index contributed by atoms with van der Waals surface area (Å²) in [6.07, 6.45) is 3.01. The third-order valence-corrected chi connectivity index (χ3v) is 4.79. The molecule has 3 rings (SSSR count). The second kappa shape index (κ2) is 7.67. The first kappa shape index (κ1) is 18.1. The van der Waals surface area contributed by atoms with Crippen molar-refractivity contribution in [1.82, 2.24) is 20.3 Å². The zero-order chi connectivity index (χ0) is 18.7. The predicted molar refractivity (Wildman–Crippen MR) is 96.3 cm³/mol. The first-order chi connectivity index (χ1) is 12.4. The van der Waals surface area contributed by atoms with Gasteiger partial charge >= 0.3 is 0 Å². The molecular weight excluding hydrogens is 355 g/mol. The molecule has 0 fully saturated rings. The highest BCUT2D eigenvalue weighted by Gasteiger charge is 2.15. The molecule has 2 aromatic heterocycles. The number of aliphatic hydroxyl groups is 1. The van der Waals surface area contributed by atoms with Crippen LogP contribution < -0.4 is 5.32 Å². The molecule has 3 aromatic rings. The van der Waals surface area contributed by atoms with Crippen LogP contribution in [0.15, 0.2) is 36.8 Å². The lowest BCUT2D eigenvalue weighted by atomic mass is 10.0. The summed E-state index contributed by atoms with van der Waals surface area (Å²) in [5, 5.41) is 13.7. The Balaban J connectivity index is 1.68. The lowest BCUT2D eigenvalue weighted by Crippen LogP contribution is -2.28. The third-order valence-electron chi connectivity index (χ3n) is 3.77. The van der Waals surface area contributed by atoms with E-state index in [1.54, 1.807) is 31.3 Å². The number of amides is 1. The van der Waals surface area contributed by atoms with Crippen molar-refractivity contribution in [2.45, 2.75) is 20.0 Å². The van der Waals surface area contributed by atoms with Crippen molar-refractivity contribution in [3.63, 3.8) is 0 Å². The van der Waals surface area contributed by atoms with Gasteiger partial charge in [0.1, 0.15) is 6.10 Å². The van der Waals surface area contributed by atoms with Gasteiger partial charge in [-0.15, -0.1) is 11.3 Å². The minimum atomic E-state index is -0.794. The van der Waals surface area contributed by atoms with Gasteiger partial charge in [0.25, 0.3) is 5.91 Å². The number of hydrogen-bond donors (Lipinski definition) is 2. The summed E-state index contributed by atoms with van der Waals surface area (Å²) >= 11 is 1.39. The average molecular weight is 372 g/mol. The lowest BCUT2D eigenvalue weighted by Gasteiger charge is -2.12. The van der Waals surface area contributed by atoms with Gasteiger partial charge in [-0.3, -0.25) is 4.79 Å². The van der Waals surface area contributed by atoms with Crippen molar-refractivity contribution in [3.05, 3.63) is 63.6 Å². The molecule has 1 amide bonds. The van der Waals surface area contributed by atoms with Crippen LogP contribution in [0.3, 0.4) is 0 Å². The second-order valence-electron chi connectivity index (χ2n) is 5.76. The highest BCUT2D eigenvalue weighted by molar-refractivity contribution is 7.11. The molecule has 2 N–H and O–H groups in total. The number of rotatable bonds is 5. The molecule has 26 heavy (non-hydrogen) atoms. The number of nitrogens with one attached hydrogen (secondary N) is 1. The number of carbonyl (C=O) groups is 1. The number of carbonyl (C=O) groups excluding carboxylic acids is 1. The lowest BCUT2D eigenvalue weighted by molar-refractivity contribution is 0.0917. The number of halogens is 1. The third kappa shape index (κ3) is 4.09. The summed E-state index contributed by atoms with van der Waals surface area (Å²) in [7, 11) is 0. The standard InChI is InChI=1S/C18H17FN4O2S/c1-10-5-12(17-21-6-13(19)7-22-17)3-4-14(10)18(25)23-8-15(24)16-9-20-11(2)26-16/h3-7,9,15,24H,8H2,1-2H3,(H,23,25)/t15-/m0/s1. The summed E-state index contributed by atoms with van der Waals surface area (Å²) < 4.78 is 12.9. The maximum atomic E-state index is 12.9. The van der Waals surface area contributed by atoms with Crippen molar-refractivity contribution in [3.8, 4) is 11.4 Å². The van der Waals surface area contributed by atoms with Gasteiger partial charge in [0, 0.05) is 23.9 Å². The van der Waals surface area contributed by atoms with Crippen LogP contribution in [-0.2, 0) is 0 Å². The summed E-state index contributed by atoms with van der Waals surface area (Å²) in [6.45, 7) is 3.75. The number of aromatic nitrogens is 3. The topological polar surface area (TPSA) is 88.0 Å². The SMILES string of the molecule is Cc1ncc([C@@H](O)CNC(=O)c2ccc(-c3ncc(F)cn3)cc2C)s1. The highest BCUT2D eigenvalue weighted by atomic mass is 32.1. The zero-order valence-corrected chi connectivity index (χ0v) is 15.0. The summed E-state index contributed by atoms with van der Waals surface area (Å²) in [6, 6.07) is 5.14. The normalized spacial score (nSPS) is 12.0. The van der Waals surface area contributed by atoms with E-state index in [9.17, 15) is 14.3 Å². The largest absolute Gasteiger partial charge is 0.386 e. The quantitative estimate of drug-likeness (QED) is 0.719. The molecule has 0 saturated carbocycles. The number of nitrogens with zero attached hydrogens (tertiary/aromatic N) is 3. The van der Waals surface area contributed by atoms with Gasteiger partial charge in [0.2, 0.25) is 0 Å². The van der Waals surface area contributed by atoms with Gasteiger partial charge in [0.15, 0.2) is 11.6 Å². The molecule has 134 valence electrons. The molecule has 0 spiro atoms. The van der Waals surface area contributed by atoms with Crippen LogP contribution in [0.2, 0.25) is 0 Å². The van der Waals surface area contributed by atoms with Crippen molar-refractivity contribution in [1.29, 1.82) is 0 Å². The van der Waals surface area contributed by atoms with Crippen LogP contribution >= 0.6 is 11.3 Å². The zero-order valence-electron chi connectivity index (χ0n) is 14.2. The Kier molecular flexibility index (Phi) is 5.34. The molecule has 1 aromatic carbocycles. The van der Waals surface area contributed by atoms with E-state index >= 15 is 0 Å². The molecule has 0 bridgehead atoms. The molecule has 8 heteroatoms. The Morgan fingerprint density at radius 2 is 1.96 bits per heavy atom. The van der Waals surface area contributed by atoms with Crippen molar-refractivity contribution < 1.29 is 14.3 Å². The number of aryl methyl sites for hydroxylation is 2. The fourth-order valence-corrected chi connectivity index (χ4v) is 3.21. The smallest absolute Gasteiger partial charge is 0.251 e. The fraction of sp³-hybridized carbons (Fsp3) is 0.222. The van der Waals surface area contributed by atoms with Crippen LogP contribution in [0.1, 0.15) is 31.9 Å². The first-order valence-electron chi connectivity index (χ1n) is 7.91. The molecule has 0 aliphatic heterocycles. The van der Waals surface area contributed by atoms with E-state index in [2.05, 4.69) is 20.3 Å². The molecule has 0 radical (unpaired) electrons. The van der Waals surface area contributed by atoms with Crippen LogP contribution in [0.25, 0.3) is 11.4 Å². The maximum Gasteiger partial charge on any atom is 0.251 e. The van der Waals surface area contributed by atoms with Gasteiger partial charge in [0.05, 0.1) is 22.3 Å². The minimum absolute atomic E-state index is 0.0999. The van der Waals surface area contributed by atoms with Crippen LogP contribution in [-0.4, -0.2) is 32.5 Å². The minimum Gasteiger partial charge on any atom is -0.386 e. The van der Waals surface area contributed by atoms with Crippen molar-refractivity contribution in [2.75, 3.05) is 6.54 Å². The van der Waals surface area contributed by atoms with Crippen LogP contribution in [0, 0.1) is 19.7 Å². The van der Waals surface area contributed by atoms with E-state index < -0.39 is 11.9 Å². The Labute approximate surface area is 153 Å². The molecule has 0 saturated heterocycles. The molecule has 0 aliphatic rings. The van der Waals surface area contributed by atoms with Gasteiger partial charge in [-0.2, -0.15) is 0 Å². The average Bonchev–Trinajstić information content (AvgIpc) is 3.06. The number of hydrogen-bond acceptors (Lipinski definition) is 6. The van der Waals surface area contributed by atoms with E-state index in [0.717, 1.165) is 23.0 Å². The van der Waals surface area contributed by atoms with Gasteiger partial charge in [-0.1, -0.05) is 6.07 Å². The summed E-state index contributed by atoms with van der Waals surface area (Å²) in [4.78, 5) is 25.1. The molecule has 1 atom stereocenters. The Hall–Kier alpha value is -2.71. The first-order valence-corrected chi connectivity index (χ1v) is 8.73. The van der Waals surface area contributed by atoms with E-state index in [1.807, 2.05) is 6.92 Å². The van der Waals surface area contributed by atoms with E-state index in [1.165, 1.54) is 11.3 Å². The van der Waals surface area contributed by atoms with Crippen LogP contribution in [0.5, 0.6) is 0 Å². The maximum absolute atomic E-state index is 12.9. The van der Waals surface area contributed by atoms with Gasteiger partial charge in [-0.05, 0) is 31.5 Å². The highest BCUT2D eigenvalue weighted by Crippen LogP contribution is 2.21. The predicted octanol–water partition coefficient (Wildman–Crippen LogP) is 2.82. The second-order valence-corrected chi connectivity index (χ2v) is 7.03. The van der Waals surface area contributed by atoms with Crippen molar-refractivity contribution >= 4 is 17.2 Å². The Morgan fingerprint density at radius 1 is 1.23 bits per heavy atom. The molecule has 2 heterocycles. The molecule has 6 nitrogen and oxygen atoms in total. The summed E-state index contributed by atoms with van der Waals surface area (Å²) in [5.74, 6) is -0.400. The van der Waals surface area contributed by atoms with E-state index in [4.69, 9.17) is 0 Å². The monoisotopic (exact) mass is 372 g/mol. The Morgan fingerprint density at radius 3 is 2.58 bits per heavy atom. The van der Waals surface area contributed by atoms with Crippen molar-refractivity contribution in [2.24, 2.45) is 0 Å². The van der Waals surface area contributed by atoms with Gasteiger partial charge in [-0.25, -0.2) is 19.3 Å². The number of aliphatic hydroxyl groups excluding tert-OH is 1. The summed E-state index contributed by atoms with van der Waals surface area (Å²) in [5.41, 5.74) is 1.92. The number of thiazole rings is 1.